The average Bonchev–Trinajstić information content (AvgIpc) is 2.35. The quantitative estimate of drug-likeness (QED) is 0.408. The molecular formula is C14H25BN2. The molecule has 0 heterocycles. The average molecular weight is 232 g/mol. The van der Waals surface area contributed by atoms with Gasteiger partial charge in [0, 0.05) is 7.05 Å². The molecule has 0 aromatic carbocycles. The zero-order valence-electron chi connectivity index (χ0n) is 11.7. The second kappa shape index (κ2) is 8.16. The van der Waals surface area contributed by atoms with Crippen LogP contribution >= 0.6 is 0 Å². The molecule has 94 valence electrons. The first-order chi connectivity index (χ1) is 7.97. The van der Waals surface area contributed by atoms with Crippen molar-refractivity contribution in [1.82, 2.24) is 0 Å². The number of nitrogens with two attached hydrogens (primary N) is 1. The third-order valence-electron chi connectivity index (χ3n) is 3.22. The van der Waals surface area contributed by atoms with Crippen molar-refractivity contribution in [3.8, 4) is 0 Å². The van der Waals surface area contributed by atoms with Crippen LogP contribution in [0.4, 0.5) is 0 Å². The van der Waals surface area contributed by atoms with Gasteiger partial charge in [0.25, 0.3) is 0 Å². The molecule has 0 saturated carbocycles. The zero-order valence-corrected chi connectivity index (χ0v) is 11.7. The summed E-state index contributed by atoms with van der Waals surface area (Å²) in [5.74, 6) is 0.508. The Hall–Kier alpha value is -0.985. The van der Waals surface area contributed by atoms with Gasteiger partial charge < -0.3 is 5.73 Å². The van der Waals surface area contributed by atoms with Gasteiger partial charge in [-0.3, -0.25) is 4.99 Å². The molecule has 2 radical (unpaired) electrons. The molecule has 0 bridgehead atoms. The summed E-state index contributed by atoms with van der Waals surface area (Å²) in [5.41, 5.74) is 9.75. The number of aliphatic imine (C=N–C) groups is 1. The van der Waals surface area contributed by atoms with E-state index in [1.165, 1.54) is 0 Å². The number of hydrogen-bond acceptors (Lipinski definition) is 2. The van der Waals surface area contributed by atoms with Gasteiger partial charge >= 0.3 is 0 Å². The highest BCUT2D eigenvalue weighted by Crippen LogP contribution is 2.24. The largest absolute Gasteiger partial charge is 0.397 e. The van der Waals surface area contributed by atoms with Crippen LogP contribution < -0.4 is 5.73 Å². The summed E-state index contributed by atoms with van der Waals surface area (Å²) >= 11 is 0. The van der Waals surface area contributed by atoms with E-state index in [1.807, 2.05) is 13.8 Å². The molecule has 2 nitrogen and oxygen atoms in total. The molecule has 1 atom stereocenters. The van der Waals surface area contributed by atoms with Crippen LogP contribution in [0.25, 0.3) is 0 Å². The minimum atomic E-state index is 0.508. The molecule has 0 spiro atoms. The van der Waals surface area contributed by atoms with Crippen molar-refractivity contribution in [3.05, 3.63) is 23.4 Å². The maximum Gasteiger partial charge on any atom is 0.0656 e. The minimum Gasteiger partial charge on any atom is -0.397 e. The first kappa shape index (κ1) is 16.0. The molecule has 17 heavy (non-hydrogen) atoms. The molecule has 0 aliphatic rings. The van der Waals surface area contributed by atoms with E-state index < -0.39 is 0 Å². The fourth-order valence-corrected chi connectivity index (χ4v) is 1.80. The van der Waals surface area contributed by atoms with E-state index in [2.05, 4.69) is 18.5 Å². The number of rotatable bonds is 7. The molecule has 0 aromatic rings. The van der Waals surface area contributed by atoms with E-state index in [0.29, 0.717) is 12.2 Å². The predicted molar refractivity (Wildman–Crippen MR) is 78.6 cm³/mol. The van der Waals surface area contributed by atoms with Crippen LogP contribution in [0, 0.1) is 5.92 Å². The number of allylic oxidation sites excluding steroid dienone is 3. The molecule has 0 amide bonds. The monoisotopic (exact) mass is 232 g/mol. The van der Waals surface area contributed by atoms with Crippen molar-refractivity contribution in [1.29, 1.82) is 0 Å². The Morgan fingerprint density at radius 1 is 1.41 bits per heavy atom. The van der Waals surface area contributed by atoms with Crippen molar-refractivity contribution in [2.75, 3.05) is 7.05 Å². The fraction of sp³-hybridized carbons (Fsp3) is 0.643. The van der Waals surface area contributed by atoms with E-state index in [-0.39, 0.29) is 0 Å². The molecule has 0 aromatic heterocycles. The Morgan fingerprint density at radius 2 is 2.00 bits per heavy atom. The van der Waals surface area contributed by atoms with E-state index >= 15 is 0 Å². The molecule has 0 aliphatic carbocycles. The van der Waals surface area contributed by atoms with Crippen LogP contribution in [0.2, 0.25) is 6.32 Å². The van der Waals surface area contributed by atoms with E-state index in [9.17, 15) is 0 Å². The number of hydrogen-bond donors (Lipinski definition) is 1. The van der Waals surface area contributed by atoms with Gasteiger partial charge in [-0.15, -0.1) is 0 Å². The summed E-state index contributed by atoms with van der Waals surface area (Å²) in [4.78, 5) is 4.10. The lowest BCUT2D eigenvalue weighted by atomic mass is 9.82. The summed E-state index contributed by atoms with van der Waals surface area (Å²) in [6.07, 6.45) is 3.93. The Bertz CT molecular complexity index is 316. The second-order valence-corrected chi connectivity index (χ2v) is 4.55. The number of nitrogens with zero attached hydrogens (tertiary/aromatic N) is 1. The van der Waals surface area contributed by atoms with Crippen LogP contribution in [-0.2, 0) is 0 Å². The highest BCUT2D eigenvalue weighted by Gasteiger charge is 2.10. The summed E-state index contributed by atoms with van der Waals surface area (Å²) in [6.45, 7) is 10.2. The molecule has 0 fully saturated rings. The van der Waals surface area contributed by atoms with Crippen molar-refractivity contribution < 1.29 is 0 Å². The van der Waals surface area contributed by atoms with Gasteiger partial charge in [-0.05, 0) is 37.3 Å². The standard InChI is InChI=1S/C14H25BN2/c1-6-7-13(9-15)8-10(2)11(3)14(16)12(4)17-5/h13H,2,6-9,16H2,1,3-5H3/b14-11+,17-12?. The molecular weight excluding hydrogens is 207 g/mol. The molecule has 2 N–H and O–H groups in total. The van der Waals surface area contributed by atoms with Crippen molar-refractivity contribution in [2.45, 2.75) is 46.4 Å². The van der Waals surface area contributed by atoms with Gasteiger partial charge in [-0.2, -0.15) is 0 Å². The Balaban J connectivity index is 4.71. The summed E-state index contributed by atoms with van der Waals surface area (Å²) in [7, 11) is 7.51. The van der Waals surface area contributed by atoms with Crippen molar-refractivity contribution >= 4 is 13.6 Å². The van der Waals surface area contributed by atoms with Crippen molar-refractivity contribution in [2.24, 2.45) is 16.6 Å². The van der Waals surface area contributed by atoms with Gasteiger partial charge in [-0.25, -0.2) is 0 Å². The SMILES string of the molecule is [B]CC(CCC)CC(=C)/C(C)=C(/N)C(C)=NC. The van der Waals surface area contributed by atoms with Gasteiger partial charge in [0.2, 0.25) is 0 Å². The van der Waals surface area contributed by atoms with Crippen molar-refractivity contribution in [3.63, 3.8) is 0 Å². The van der Waals surface area contributed by atoms with Crippen LogP contribution in [0.5, 0.6) is 0 Å². The molecule has 0 rings (SSSR count). The lowest BCUT2D eigenvalue weighted by Crippen LogP contribution is -2.12. The molecule has 0 saturated heterocycles. The van der Waals surface area contributed by atoms with Crippen LogP contribution in [0.1, 0.15) is 40.0 Å². The van der Waals surface area contributed by atoms with E-state index in [1.54, 1.807) is 7.05 Å². The maximum absolute atomic E-state index is 6.02. The second-order valence-electron chi connectivity index (χ2n) is 4.55. The first-order valence-electron chi connectivity index (χ1n) is 6.26. The van der Waals surface area contributed by atoms with Crippen LogP contribution in [0.15, 0.2) is 28.4 Å². The first-order valence-corrected chi connectivity index (χ1v) is 6.26. The summed E-state index contributed by atoms with van der Waals surface area (Å²) < 4.78 is 0. The van der Waals surface area contributed by atoms with Gasteiger partial charge in [0.05, 0.1) is 19.3 Å². The Morgan fingerprint density at radius 3 is 2.41 bits per heavy atom. The van der Waals surface area contributed by atoms with Gasteiger partial charge in [0.1, 0.15) is 0 Å². The molecule has 1 unspecified atom stereocenters. The van der Waals surface area contributed by atoms with Crippen LogP contribution in [0.3, 0.4) is 0 Å². The fourth-order valence-electron chi connectivity index (χ4n) is 1.80. The Labute approximate surface area is 107 Å². The lowest BCUT2D eigenvalue weighted by molar-refractivity contribution is 0.522. The third kappa shape index (κ3) is 5.25. The molecule has 3 heteroatoms. The third-order valence-corrected chi connectivity index (χ3v) is 3.22. The van der Waals surface area contributed by atoms with Crippen LogP contribution in [-0.4, -0.2) is 20.6 Å². The lowest BCUT2D eigenvalue weighted by Gasteiger charge is -2.17. The molecule has 0 aliphatic heterocycles. The Kier molecular flexibility index (Phi) is 7.68. The van der Waals surface area contributed by atoms with E-state index in [0.717, 1.165) is 41.8 Å². The van der Waals surface area contributed by atoms with E-state index in [4.69, 9.17) is 13.6 Å². The summed E-state index contributed by atoms with van der Waals surface area (Å²) in [6, 6.07) is 0. The zero-order chi connectivity index (χ0) is 13.4. The normalized spacial score (nSPS) is 15.4. The minimum absolute atomic E-state index is 0.508. The highest BCUT2D eigenvalue weighted by atomic mass is 14.7. The van der Waals surface area contributed by atoms with Gasteiger partial charge in [-0.1, -0.05) is 32.7 Å². The predicted octanol–water partition coefficient (Wildman–Crippen LogP) is 3.26. The highest BCUT2D eigenvalue weighted by molar-refractivity contribution is 6.08. The topological polar surface area (TPSA) is 38.4 Å². The van der Waals surface area contributed by atoms with Gasteiger partial charge in [0.15, 0.2) is 0 Å². The smallest absolute Gasteiger partial charge is 0.0656 e. The maximum atomic E-state index is 6.02. The summed E-state index contributed by atoms with van der Waals surface area (Å²) in [5, 5.41) is 0.